The molecule has 0 aliphatic carbocycles. The molecule has 108 valence electrons. The van der Waals surface area contributed by atoms with Gasteiger partial charge < -0.3 is 14.9 Å². The zero-order valence-corrected chi connectivity index (χ0v) is 11.6. The summed E-state index contributed by atoms with van der Waals surface area (Å²) < 4.78 is 4.59. The molecule has 0 bridgehead atoms. The third-order valence-electron chi connectivity index (χ3n) is 2.62. The van der Waals surface area contributed by atoms with Crippen LogP contribution in [0.5, 0.6) is 0 Å². The quantitative estimate of drug-likeness (QED) is 0.819. The molecule has 0 atom stereocenters. The molecule has 0 spiro atoms. The minimum Gasteiger partial charge on any atom is -0.395 e. The number of aliphatic hydroxyl groups is 1. The first kappa shape index (κ1) is 14.8. The predicted octanol–water partition coefficient (Wildman–Crippen LogP) is 1.04. The largest absolute Gasteiger partial charge is 0.395 e. The number of aliphatic hydroxyl groups excluding tert-OH is 1. The lowest BCUT2D eigenvalue weighted by molar-refractivity contribution is 0.0949. The standard InChI is InChI=1S/C15H15N3O3/c1-11-6-12(4-2-3-5-19)8-13(7-11)15(20)16-9-14-17-10-21-18-14/h6-8,10,19H,3,5,9H2,1H3,(H,16,20). The molecule has 0 aliphatic heterocycles. The molecule has 6 heteroatoms. The minimum absolute atomic E-state index is 0.0247. The fraction of sp³-hybridized carbons (Fsp3) is 0.267. The van der Waals surface area contributed by atoms with Crippen molar-refractivity contribution in [1.29, 1.82) is 0 Å². The second-order valence-corrected chi connectivity index (χ2v) is 4.39. The summed E-state index contributed by atoms with van der Waals surface area (Å²) >= 11 is 0. The van der Waals surface area contributed by atoms with Gasteiger partial charge in [-0.15, -0.1) is 0 Å². The zero-order chi connectivity index (χ0) is 15.1. The van der Waals surface area contributed by atoms with Crippen molar-refractivity contribution in [3.05, 3.63) is 47.1 Å². The molecule has 21 heavy (non-hydrogen) atoms. The summed E-state index contributed by atoms with van der Waals surface area (Å²) in [6.07, 6.45) is 1.62. The van der Waals surface area contributed by atoms with Gasteiger partial charge in [0.2, 0.25) is 6.39 Å². The average Bonchev–Trinajstić information content (AvgIpc) is 2.98. The summed E-state index contributed by atoms with van der Waals surface area (Å²) in [6, 6.07) is 5.38. The maximum atomic E-state index is 12.1. The van der Waals surface area contributed by atoms with Gasteiger partial charge in [0, 0.05) is 17.5 Å². The number of nitrogens with zero attached hydrogens (tertiary/aromatic N) is 2. The van der Waals surface area contributed by atoms with Crippen molar-refractivity contribution < 1.29 is 14.4 Å². The first-order valence-electron chi connectivity index (χ1n) is 6.44. The van der Waals surface area contributed by atoms with Crippen LogP contribution in [0.15, 0.2) is 29.1 Å². The maximum absolute atomic E-state index is 12.1. The van der Waals surface area contributed by atoms with E-state index >= 15 is 0 Å². The maximum Gasteiger partial charge on any atom is 0.251 e. The highest BCUT2D eigenvalue weighted by Crippen LogP contribution is 2.09. The summed E-state index contributed by atoms with van der Waals surface area (Å²) in [5, 5.41) is 15.0. The number of carbonyl (C=O) groups excluding carboxylic acids is 1. The Labute approximate surface area is 122 Å². The fourth-order valence-corrected chi connectivity index (χ4v) is 1.74. The molecule has 1 aromatic heterocycles. The number of hydrogen-bond acceptors (Lipinski definition) is 5. The van der Waals surface area contributed by atoms with E-state index in [1.165, 1.54) is 6.39 Å². The number of benzene rings is 1. The van der Waals surface area contributed by atoms with Crippen LogP contribution >= 0.6 is 0 Å². The van der Waals surface area contributed by atoms with Crippen LogP contribution in [0, 0.1) is 18.8 Å². The Morgan fingerprint density at radius 2 is 2.29 bits per heavy atom. The highest BCUT2D eigenvalue weighted by atomic mass is 16.5. The van der Waals surface area contributed by atoms with E-state index in [-0.39, 0.29) is 19.1 Å². The van der Waals surface area contributed by atoms with Crippen molar-refractivity contribution in [2.45, 2.75) is 19.9 Å². The lowest BCUT2D eigenvalue weighted by Crippen LogP contribution is -2.23. The summed E-state index contributed by atoms with van der Waals surface area (Å²) in [6.45, 7) is 2.12. The molecular formula is C15H15N3O3. The molecule has 0 aliphatic rings. The van der Waals surface area contributed by atoms with Crippen LogP contribution < -0.4 is 5.32 Å². The van der Waals surface area contributed by atoms with Crippen LogP contribution in [0.2, 0.25) is 0 Å². The van der Waals surface area contributed by atoms with E-state index in [2.05, 4.69) is 31.8 Å². The van der Waals surface area contributed by atoms with Gasteiger partial charge in [-0.1, -0.05) is 17.0 Å². The Kier molecular flexibility index (Phi) is 5.07. The van der Waals surface area contributed by atoms with E-state index in [0.29, 0.717) is 17.8 Å². The van der Waals surface area contributed by atoms with E-state index in [4.69, 9.17) is 5.11 Å². The molecule has 0 fully saturated rings. The monoisotopic (exact) mass is 285 g/mol. The Hall–Kier alpha value is -2.65. The first-order valence-corrected chi connectivity index (χ1v) is 6.44. The van der Waals surface area contributed by atoms with E-state index in [1.54, 1.807) is 12.1 Å². The smallest absolute Gasteiger partial charge is 0.251 e. The van der Waals surface area contributed by atoms with E-state index < -0.39 is 0 Å². The Morgan fingerprint density at radius 1 is 1.43 bits per heavy atom. The number of rotatable bonds is 4. The lowest BCUT2D eigenvalue weighted by atomic mass is 10.1. The Morgan fingerprint density at radius 3 is 3.00 bits per heavy atom. The number of hydrogen-bond donors (Lipinski definition) is 2. The number of carbonyl (C=O) groups is 1. The zero-order valence-electron chi connectivity index (χ0n) is 11.6. The van der Waals surface area contributed by atoms with Crippen LogP contribution in [0.25, 0.3) is 0 Å². The Balaban J connectivity index is 2.08. The molecule has 0 saturated carbocycles. The van der Waals surface area contributed by atoms with Crippen LogP contribution in [0.4, 0.5) is 0 Å². The van der Waals surface area contributed by atoms with Crippen LogP contribution in [-0.2, 0) is 6.54 Å². The molecule has 2 rings (SSSR count). The summed E-state index contributed by atoms with van der Waals surface area (Å²) in [5.41, 5.74) is 2.20. The topological polar surface area (TPSA) is 88.2 Å². The van der Waals surface area contributed by atoms with Crippen LogP contribution in [0.1, 0.15) is 33.7 Å². The second-order valence-electron chi connectivity index (χ2n) is 4.39. The van der Waals surface area contributed by atoms with Crippen LogP contribution in [-0.4, -0.2) is 27.8 Å². The lowest BCUT2D eigenvalue weighted by Gasteiger charge is -2.05. The van der Waals surface area contributed by atoms with Gasteiger partial charge in [0.25, 0.3) is 5.91 Å². The van der Waals surface area contributed by atoms with Gasteiger partial charge in [0.05, 0.1) is 13.2 Å². The van der Waals surface area contributed by atoms with E-state index in [9.17, 15) is 4.79 Å². The third-order valence-corrected chi connectivity index (χ3v) is 2.62. The predicted molar refractivity (Wildman–Crippen MR) is 75.2 cm³/mol. The molecule has 1 aromatic carbocycles. The molecule has 0 radical (unpaired) electrons. The normalized spacial score (nSPS) is 9.81. The summed E-state index contributed by atoms with van der Waals surface area (Å²) in [5.74, 6) is 5.94. The van der Waals surface area contributed by atoms with Crippen molar-refractivity contribution in [2.24, 2.45) is 0 Å². The van der Waals surface area contributed by atoms with Crippen molar-refractivity contribution in [3.63, 3.8) is 0 Å². The van der Waals surface area contributed by atoms with Crippen molar-refractivity contribution in [3.8, 4) is 11.8 Å². The molecule has 6 nitrogen and oxygen atoms in total. The van der Waals surface area contributed by atoms with Crippen molar-refractivity contribution in [1.82, 2.24) is 15.5 Å². The van der Waals surface area contributed by atoms with Gasteiger partial charge in [0.15, 0.2) is 5.82 Å². The van der Waals surface area contributed by atoms with Gasteiger partial charge in [-0.2, -0.15) is 4.98 Å². The van der Waals surface area contributed by atoms with Crippen molar-refractivity contribution in [2.75, 3.05) is 6.61 Å². The van der Waals surface area contributed by atoms with Gasteiger partial charge in [0.1, 0.15) is 0 Å². The number of aryl methyl sites for hydroxylation is 1. The van der Waals surface area contributed by atoms with Gasteiger partial charge in [-0.3, -0.25) is 4.79 Å². The first-order chi connectivity index (χ1) is 10.2. The molecule has 2 aromatic rings. The number of aromatic nitrogens is 2. The van der Waals surface area contributed by atoms with E-state index in [0.717, 1.165) is 11.1 Å². The third kappa shape index (κ3) is 4.44. The van der Waals surface area contributed by atoms with Crippen LogP contribution in [0.3, 0.4) is 0 Å². The van der Waals surface area contributed by atoms with E-state index in [1.807, 2.05) is 13.0 Å². The highest BCUT2D eigenvalue weighted by Gasteiger charge is 2.08. The van der Waals surface area contributed by atoms with Gasteiger partial charge in [-0.05, 0) is 30.7 Å². The minimum atomic E-state index is -0.228. The number of amides is 1. The second kappa shape index (κ2) is 7.22. The number of nitrogens with one attached hydrogen (secondary N) is 1. The molecule has 1 heterocycles. The molecule has 2 N–H and O–H groups in total. The SMILES string of the molecule is Cc1cc(C#CCCO)cc(C(=O)NCc2ncon2)c1. The molecule has 1 amide bonds. The summed E-state index contributed by atoms with van der Waals surface area (Å²) in [4.78, 5) is 15.9. The van der Waals surface area contributed by atoms with Gasteiger partial charge in [-0.25, -0.2) is 0 Å². The van der Waals surface area contributed by atoms with Gasteiger partial charge >= 0.3 is 0 Å². The van der Waals surface area contributed by atoms with Crippen molar-refractivity contribution >= 4 is 5.91 Å². The summed E-state index contributed by atoms with van der Waals surface area (Å²) in [7, 11) is 0. The average molecular weight is 285 g/mol. The molecule has 0 saturated heterocycles. The molecule has 0 unspecified atom stereocenters. The Bertz CT molecular complexity index is 669. The molecular weight excluding hydrogens is 270 g/mol. The fourth-order valence-electron chi connectivity index (χ4n) is 1.74. The highest BCUT2D eigenvalue weighted by molar-refractivity contribution is 5.94.